The smallest absolute Gasteiger partial charge is 0.0480 e. The van der Waals surface area contributed by atoms with Crippen molar-refractivity contribution in [3.63, 3.8) is 0 Å². The molecule has 1 aliphatic carbocycles. The molecule has 2 heteroatoms. The van der Waals surface area contributed by atoms with Crippen LogP contribution in [0.4, 0.5) is 5.69 Å². The van der Waals surface area contributed by atoms with Crippen LogP contribution in [0.2, 0.25) is 0 Å². The molecule has 1 aliphatic rings. The van der Waals surface area contributed by atoms with Crippen LogP contribution in [0.1, 0.15) is 26.2 Å². The molecule has 0 amide bonds. The third-order valence-corrected chi connectivity index (χ3v) is 4.52. The molecule has 17 heavy (non-hydrogen) atoms. The number of rotatable bonds is 5. The zero-order chi connectivity index (χ0) is 12.1. The summed E-state index contributed by atoms with van der Waals surface area (Å²) in [5.74, 6) is 1.77. The number of nitrogens with one attached hydrogen (secondary N) is 1. The second-order valence-corrected chi connectivity index (χ2v) is 5.82. The highest BCUT2D eigenvalue weighted by molar-refractivity contribution is 7.99. The highest BCUT2D eigenvalue weighted by atomic mass is 32.2. The van der Waals surface area contributed by atoms with E-state index in [9.17, 15) is 0 Å². The molecule has 0 saturated heterocycles. The molecular weight excluding hydrogens is 226 g/mol. The van der Waals surface area contributed by atoms with Gasteiger partial charge in [-0.25, -0.2) is 0 Å². The van der Waals surface area contributed by atoms with E-state index in [4.69, 9.17) is 0 Å². The lowest BCUT2D eigenvalue weighted by molar-refractivity contribution is 0.555. The van der Waals surface area contributed by atoms with E-state index < -0.39 is 0 Å². The minimum atomic E-state index is 0.653. The number of para-hydroxylation sites is 1. The molecule has 0 bridgehead atoms. The molecule has 2 unspecified atom stereocenters. The van der Waals surface area contributed by atoms with Crippen molar-refractivity contribution >= 4 is 17.4 Å². The summed E-state index contributed by atoms with van der Waals surface area (Å²) in [5, 5.41) is 3.71. The van der Waals surface area contributed by atoms with Gasteiger partial charge in [-0.05, 0) is 30.9 Å². The van der Waals surface area contributed by atoms with Crippen molar-refractivity contribution in [2.75, 3.05) is 11.1 Å². The van der Waals surface area contributed by atoms with E-state index in [2.05, 4.69) is 43.1 Å². The van der Waals surface area contributed by atoms with Crippen molar-refractivity contribution < 1.29 is 0 Å². The van der Waals surface area contributed by atoms with Gasteiger partial charge in [0.1, 0.15) is 0 Å². The summed E-state index contributed by atoms with van der Waals surface area (Å²) in [4.78, 5) is 1.34. The third-order valence-electron chi connectivity index (χ3n) is 3.45. The van der Waals surface area contributed by atoms with Crippen molar-refractivity contribution in [1.29, 1.82) is 0 Å². The van der Waals surface area contributed by atoms with Gasteiger partial charge in [-0.15, -0.1) is 18.3 Å². The number of thioether (sulfide) groups is 1. The molecule has 1 N–H and O–H groups in total. The Kier molecular flexibility index (Phi) is 4.55. The molecule has 1 fully saturated rings. The Bertz CT molecular complexity index is 375. The Morgan fingerprint density at radius 1 is 1.41 bits per heavy atom. The fourth-order valence-corrected chi connectivity index (χ4v) is 3.17. The highest BCUT2D eigenvalue weighted by Gasteiger charge is 2.23. The summed E-state index contributed by atoms with van der Waals surface area (Å²) in [6.45, 7) is 6.13. The number of hydrogen-bond acceptors (Lipinski definition) is 2. The summed E-state index contributed by atoms with van der Waals surface area (Å²) in [7, 11) is 0. The van der Waals surface area contributed by atoms with Crippen LogP contribution in [0.5, 0.6) is 0 Å². The predicted octanol–water partition coefficient (Wildman–Crippen LogP) is 4.57. The largest absolute Gasteiger partial charge is 0.381 e. The molecule has 2 atom stereocenters. The summed E-state index contributed by atoms with van der Waals surface area (Å²) >= 11 is 1.85. The van der Waals surface area contributed by atoms with Crippen LogP contribution in [0.15, 0.2) is 41.8 Å². The second-order valence-electron chi connectivity index (χ2n) is 4.75. The Labute approximate surface area is 109 Å². The molecule has 0 aliphatic heterocycles. The van der Waals surface area contributed by atoms with Crippen LogP contribution in [-0.2, 0) is 0 Å². The minimum absolute atomic E-state index is 0.653. The number of anilines is 1. The monoisotopic (exact) mass is 247 g/mol. The molecule has 1 aromatic carbocycles. The molecule has 2 rings (SSSR count). The van der Waals surface area contributed by atoms with Gasteiger partial charge >= 0.3 is 0 Å². The van der Waals surface area contributed by atoms with Crippen LogP contribution in [0.3, 0.4) is 0 Å². The average molecular weight is 247 g/mol. The lowest BCUT2D eigenvalue weighted by Crippen LogP contribution is -2.22. The summed E-state index contributed by atoms with van der Waals surface area (Å²) in [6, 6.07) is 9.25. The normalized spacial score (nSPS) is 23.6. The second kappa shape index (κ2) is 6.15. The Balaban J connectivity index is 2.05. The Hall–Kier alpha value is -0.890. The van der Waals surface area contributed by atoms with Gasteiger partial charge in [0, 0.05) is 22.4 Å². The van der Waals surface area contributed by atoms with E-state index in [1.807, 2.05) is 17.8 Å². The summed E-state index contributed by atoms with van der Waals surface area (Å²) < 4.78 is 0. The average Bonchev–Trinajstić information content (AvgIpc) is 2.74. The van der Waals surface area contributed by atoms with Gasteiger partial charge in [0.2, 0.25) is 0 Å². The van der Waals surface area contributed by atoms with E-state index in [0.29, 0.717) is 6.04 Å². The molecule has 0 spiro atoms. The van der Waals surface area contributed by atoms with Gasteiger partial charge in [-0.1, -0.05) is 31.6 Å². The zero-order valence-electron chi connectivity index (χ0n) is 10.5. The van der Waals surface area contributed by atoms with Gasteiger partial charge in [0.05, 0.1) is 0 Å². The maximum atomic E-state index is 3.78. The van der Waals surface area contributed by atoms with E-state index in [1.54, 1.807) is 0 Å². The number of hydrogen-bond donors (Lipinski definition) is 1. The molecule has 1 nitrogen and oxygen atoms in total. The lowest BCUT2D eigenvalue weighted by Gasteiger charge is -2.20. The van der Waals surface area contributed by atoms with Gasteiger partial charge < -0.3 is 5.32 Å². The van der Waals surface area contributed by atoms with Gasteiger partial charge in [0.25, 0.3) is 0 Å². The van der Waals surface area contributed by atoms with Gasteiger partial charge in [-0.3, -0.25) is 0 Å². The zero-order valence-corrected chi connectivity index (χ0v) is 11.3. The van der Waals surface area contributed by atoms with Crippen molar-refractivity contribution in [1.82, 2.24) is 0 Å². The quantitative estimate of drug-likeness (QED) is 0.604. The molecule has 0 radical (unpaired) electrons. The van der Waals surface area contributed by atoms with Crippen molar-refractivity contribution in [3.8, 4) is 0 Å². The summed E-state index contributed by atoms with van der Waals surface area (Å²) in [6.07, 6.45) is 5.99. The molecule has 1 aromatic rings. The Morgan fingerprint density at radius 2 is 2.24 bits per heavy atom. The van der Waals surface area contributed by atoms with Crippen LogP contribution in [0, 0.1) is 5.92 Å². The van der Waals surface area contributed by atoms with Crippen molar-refractivity contribution in [2.24, 2.45) is 5.92 Å². The van der Waals surface area contributed by atoms with Gasteiger partial charge in [0.15, 0.2) is 0 Å². The van der Waals surface area contributed by atoms with E-state index in [-0.39, 0.29) is 0 Å². The van der Waals surface area contributed by atoms with E-state index in [1.165, 1.54) is 29.8 Å². The van der Waals surface area contributed by atoms with Crippen LogP contribution < -0.4 is 5.32 Å². The van der Waals surface area contributed by atoms with Crippen LogP contribution in [0.25, 0.3) is 0 Å². The fourth-order valence-electron chi connectivity index (χ4n) is 2.42. The molecule has 0 aromatic heterocycles. The molecule has 1 saturated carbocycles. The number of benzene rings is 1. The molecule has 0 heterocycles. The minimum Gasteiger partial charge on any atom is -0.381 e. The summed E-state index contributed by atoms with van der Waals surface area (Å²) in [5.41, 5.74) is 1.29. The first-order valence-corrected chi connectivity index (χ1v) is 7.39. The Morgan fingerprint density at radius 3 is 2.94 bits per heavy atom. The van der Waals surface area contributed by atoms with Gasteiger partial charge in [-0.2, -0.15) is 0 Å². The molecule has 92 valence electrons. The maximum Gasteiger partial charge on any atom is 0.0480 e. The standard InChI is InChI=1S/C15H21NS/c1-3-11-17-15-10-5-4-8-14(15)16-13-9-6-7-12(13)2/h3-5,8,10,12-13,16H,1,6-7,9,11H2,2H3. The van der Waals surface area contributed by atoms with E-state index in [0.717, 1.165) is 11.7 Å². The predicted molar refractivity (Wildman–Crippen MR) is 77.8 cm³/mol. The van der Waals surface area contributed by atoms with Crippen LogP contribution >= 0.6 is 11.8 Å². The fraction of sp³-hybridized carbons (Fsp3) is 0.467. The van der Waals surface area contributed by atoms with Crippen molar-refractivity contribution in [3.05, 3.63) is 36.9 Å². The molecular formula is C15H21NS. The SMILES string of the molecule is C=CCSc1ccccc1NC1CCCC1C. The highest BCUT2D eigenvalue weighted by Crippen LogP contribution is 2.32. The third kappa shape index (κ3) is 3.29. The lowest BCUT2D eigenvalue weighted by atomic mass is 10.1. The topological polar surface area (TPSA) is 12.0 Å². The van der Waals surface area contributed by atoms with Crippen molar-refractivity contribution in [2.45, 2.75) is 37.1 Å². The first-order valence-electron chi connectivity index (χ1n) is 6.40. The first kappa shape index (κ1) is 12.6. The van der Waals surface area contributed by atoms with E-state index >= 15 is 0 Å². The van der Waals surface area contributed by atoms with Crippen LogP contribution in [-0.4, -0.2) is 11.8 Å². The maximum absolute atomic E-state index is 3.78. The first-order chi connectivity index (χ1) is 8.31.